The van der Waals surface area contributed by atoms with Crippen LogP contribution in [0.15, 0.2) is 23.1 Å². The maximum Gasteiger partial charge on any atom is 0.338 e. The second-order valence-corrected chi connectivity index (χ2v) is 7.88. The molecule has 0 aromatic heterocycles. The summed E-state index contributed by atoms with van der Waals surface area (Å²) in [6.07, 6.45) is 6.48. The largest absolute Gasteiger partial charge is 0.452 e. The van der Waals surface area contributed by atoms with E-state index >= 15 is 0 Å². The van der Waals surface area contributed by atoms with E-state index in [0.29, 0.717) is 35.9 Å². The molecule has 0 saturated heterocycles. The van der Waals surface area contributed by atoms with Gasteiger partial charge in [-0.05, 0) is 37.0 Å². The molecule has 1 heterocycles. The first-order valence-electron chi connectivity index (χ1n) is 9.12. The molecule has 7 heteroatoms. The third kappa shape index (κ3) is 5.24. The van der Waals surface area contributed by atoms with Crippen LogP contribution in [0.4, 0.5) is 5.69 Å². The van der Waals surface area contributed by atoms with Crippen molar-refractivity contribution in [2.75, 3.05) is 24.2 Å². The summed E-state index contributed by atoms with van der Waals surface area (Å²) in [6.45, 7) is 0.363. The lowest BCUT2D eigenvalue weighted by Crippen LogP contribution is -2.33. The fraction of sp³-hybridized carbons (Fsp3) is 0.526. The van der Waals surface area contributed by atoms with Crippen molar-refractivity contribution in [3.8, 4) is 0 Å². The van der Waals surface area contributed by atoms with E-state index in [0.717, 1.165) is 17.7 Å². The minimum Gasteiger partial charge on any atom is -0.452 e. The predicted molar refractivity (Wildman–Crippen MR) is 100 cm³/mol. The zero-order chi connectivity index (χ0) is 18.4. The van der Waals surface area contributed by atoms with Gasteiger partial charge < -0.3 is 15.4 Å². The Labute approximate surface area is 157 Å². The average Bonchev–Trinajstić information content (AvgIpc) is 2.85. The number of rotatable bonds is 5. The van der Waals surface area contributed by atoms with Gasteiger partial charge in [0.05, 0.1) is 11.3 Å². The first-order chi connectivity index (χ1) is 12.6. The molecule has 6 nitrogen and oxygen atoms in total. The Morgan fingerprint density at radius 2 is 2.04 bits per heavy atom. The number of carbonyl (C=O) groups excluding carboxylic acids is 3. The summed E-state index contributed by atoms with van der Waals surface area (Å²) in [5.74, 6) is 0.341. The fourth-order valence-corrected chi connectivity index (χ4v) is 4.20. The zero-order valence-electron chi connectivity index (χ0n) is 14.7. The molecule has 1 saturated carbocycles. The first-order valence-corrected chi connectivity index (χ1v) is 10.1. The van der Waals surface area contributed by atoms with Crippen molar-refractivity contribution in [1.29, 1.82) is 0 Å². The highest BCUT2D eigenvalue weighted by atomic mass is 32.2. The highest BCUT2D eigenvalue weighted by Crippen LogP contribution is 2.31. The molecule has 140 valence electrons. The number of amides is 2. The molecule has 0 atom stereocenters. The van der Waals surface area contributed by atoms with Gasteiger partial charge in [-0.3, -0.25) is 9.59 Å². The van der Waals surface area contributed by atoms with Crippen LogP contribution < -0.4 is 10.6 Å². The Balaban J connectivity index is 1.48. The van der Waals surface area contributed by atoms with Crippen molar-refractivity contribution in [3.63, 3.8) is 0 Å². The van der Waals surface area contributed by atoms with Crippen molar-refractivity contribution in [2.24, 2.45) is 5.92 Å². The van der Waals surface area contributed by atoms with Crippen LogP contribution in [0.2, 0.25) is 0 Å². The van der Waals surface area contributed by atoms with Crippen molar-refractivity contribution >= 4 is 35.2 Å². The third-order valence-electron chi connectivity index (χ3n) is 4.72. The number of hydrogen-bond acceptors (Lipinski definition) is 5. The maximum atomic E-state index is 12.2. The number of esters is 1. The molecule has 1 aromatic rings. The van der Waals surface area contributed by atoms with Crippen molar-refractivity contribution in [1.82, 2.24) is 5.32 Å². The lowest BCUT2D eigenvalue weighted by molar-refractivity contribution is -0.124. The number of thioether (sulfide) groups is 1. The Morgan fingerprint density at radius 3 is 2.85 bits per heavy atom. The molecule has 2 amide bonds. The molecule has 1 aliphatic carbocycles. The van der Waals surface area contributed by atoms with Crippen molar-refractivity contribution in [2.45, 2.75) is 43.4 Å². The van der Waals surface area contributed by atoms with Gasteiger partial charge in [-0.15, -0.1) is 11.8 Å². The van der Waals surface area contributed by atoms with E-state index < -0.39 is 5.97 Å². The molecule has 0 spiro atoms. The molecule has 3 rings (SSSR count). The van der Waals surface area contributed by atoms with Crippen LogP contribution in [-0.4, -0.2) is 36.7 Å². The topological polar surface area (TPSA) is 84.5 Å². The van der Waals surface area contributed by atoms with Gasteiger partial charge in [0.15, 0.2) is 6.61 Å². The quantitative estimate of drug-likeness (QED) is 0.772. The van der Waals surface area contributed by atoms with E-state index in [9.17, 15) is 14.4 Å². The summed E-state index contributed by atoms with van der Waals surface area (Å²) in [4.78, 5) is 36.7. The van der Waals surface area contributed by atoms with Gasteiger partial charge in [-0.25, -0.2) is 4.79 Å². The number of hydrogen-bond donors (Lipinski definition) is 2. The van der Waals surface area contributed by atoms with Gasteiger partial charge in [-0.1, -0.05) is 19.3 Å². The summed E-state index contributed by atoms with van der Waals surface area (Å²) in [7, 11) is 0. The number of ether oxygens (including phenoxy) is 1. The summed E-state index contributed by atoms with van der Waals surface area (Å²) in [6, 6.07) is 5.06. The van der Waals surface area contributed by atoms with Crippen LogP contribution in [0.5, 0.6) is 0 Å². The zero-order valence-corrected chi connectivity index (χ0v) is 15.5. The average molecular weight is 376 g/mol. The molecule has 2 N–H and O–H groups in total. The SMILES string of the molecule is O=C(COC(=O)c1ccc2c(c1)NC(=O)CCS2)NCC1CCCCC1. The van der Waals surface area contributed by atoms with Gasteiger partial charge >= 0.3 is 5.97 Å². The van der Waals surface area contributed by atoms with Crippen LogP contribution in [0.3, 0.4) is 0 Å². The van der Waals surface area contributed by atoms with Gasteiger partial charge in [0.25, 0.3) is 5.91 Å². The number of nitrogens with one attached hydrogen (secondary N) is 2. The van der Waals surface area contributed by atoms with Crippen molar-refractivity contribution < 1.29 is 19.1 Å². The predicted octanol–water partition coefficient (Wildman–Crippen LogP) is 2.97. The van der Waals surface area contributed by atoms with Crippen LogP contribution >= 0.6 is 11.8 Å². The van der Waals surface area contributed by atoms with Crippen LogP contribution in [0.1, 0.15) is 48.9 Å². The second kappa shape index (κ2) is 9.07. The van der Waals surface area contributed by atoms with Gasteiger partial charge in [0.2, 0.25) is 5.91 Å². The third-order valence-corrected chi connectivity index (χ3v) is 5.80. The normalized spacial score (nSPS) is 17.6. The maximum absolute atomic E-state index is 12.2. The van der Waals surface area contributed by atoms with Gasteiger partial charge in [-0.2, -0.15) is 0 Å². The number of benzene rings is 1. The number of anilines is 1. The van der Waals surface area contributed by atoms with E-state index in [1.807, 2.05) is 0 Å². The molecular formula is C19H24N2O4S. The molecule has 0 bridgehead atoms. The molecule has 1 aliphatic heterocycles. The highest BCUT2D eigenvalue weighted by molar-refractivity contribution is 7.99. The molecule has 1 fully saturated rings. The van der Waals surface area contributed by atoms with E-state index in [4.69, 9.17) is 4.74 Å². The van der Waals surface area contributed by atoms with Crippen LogP contribution in [-0.2, 0) is 14.3 Å². The Bertz CT molecular complexity index is 686. The van der Waals surface area contributed by atoms with Gasteiger partial charge in [0, 0.05) is 23.6 Å². The van der Waals surface area contributed by atoms with E-state index in [2.05, 4.69) is 10.6 Å². The lowest BCUT2D eigenvalue weighted by Gasteiger charge is -2.21. The number of fused-ring (bicyclic) bond motifs is 1. The van der Waals surface area contributed by atoms with Crippen molar-refractivity contribution in [3.05, 3.63) is 23.8 Å². The smallest absolute Gasteiger partial charge is 0.338 e. The standard InChI is InChI=1S/C19H24N2O4S/c22-17-8-9-26-16-7-6-14(10-15(16)21-17)19(24)25-12-18(23)20-11-13-4-2-1-3-5-13/h6-7,10,13H,1-5,8-9,11-12H2,(H,20,23)(H,21,22). The summed E-state index contributed by atoms with van der Waals surface area (Å²) >= 11 is 1.57. The molecule has 2 aliphatic rings. The molecule has 1 aromatic carbocycles. The Morgan fingerprint density at radius 1 is 1.23 bits per heavy atom. The Hall–Kier alpha value is -2.02. The van der Waals surface area contributed by atoms with Crippen LogP contribution in [0, 0.1) is 5.92 Å². The first kappa shape index (κ1) is 18.8. The lowest BCUT2D eigenvalue weighted by atomic mass is 9.89. The van der Waals surface area contributed by atoms with Gasteiger partial charge in [0.1, 0.15) is 0 Å². The minimum absolute atomic E-state index is 0.0659. The summed E-state index contributed by atoms with van der Waals surface area (Å²) in [5.41, 5.74) is 0.945. The fourth-order valence-electron chi connectivity index (χ4n) is 3.26. The van der Waals surface area contributed by atoms with Crippen LogP contribution in [0.25, 0.3) is 0 Å². The molecule has 26 heavy (non-hydrogen) atoms. The Kier molecular flexibility index (Phi) is 6.55. The highest BCUT2D eigenvalue weighted by Gasteiger charge is 2.18. The number of carbonyl (C=O) groups is 3. The van der Waals surface area contributed by atoms with E-state index in [-0.39, 0.29) is 18.4 Å². The molecular weight excluding hydrogens is 352 g/mol. The van der Waals surface area contributed by atoms with E-state index in [1.165, 1.54) is 19.3 Å². The second-order valence-electron chi connectivity index (χ2n) is 6.74. The molecule has 0 radical (unpaired) electrons. The summed E-state index contributed by atoms with van der Waals surface area (Å²) < 4.78 is 5.11. The monoisotopic (exact) mass is 376 g/mol. The minimum atomic E-state index is -0.566. The van der Waals surface area contributed by atoms with E-state index in [1.54, 1.807) is 30.0 Å². The summed E-state index contributed by atoms with van der Waals surface area (Å²) in [5, 5.41) is 5.64. The molecule has 0 unspecified atom stereocenters.